The second-order valence-electron chi connectivity index (χ2n) is 7.36. The van der Waals surface area contributed by atoms with Gasteiger partial charge in [-0.15, -0.1) is 0 Å². The summed E-state index contributed by atoms with van der Waals surface area (Å²) in [6, 6.07) is 30.0. The van der Waals surface area contributed by atoms with Crippen molar-refractivity contribution in [2.24, 2.45) is 7.05 Å². The van der Waals surface area contributed by atoms with Crippen LogP contribution in [0.5, 0.6) is 0 Å². The SMILES string of the molecule is Cn1c2ccccc2c2c(-c3cccc4c3c3ccccc3n4N)cccc21. The predicted molar refractivity (Wildman–Crippen MR) is 119 cm³/mol. The summed E-state index contributed by atoms with van der Waals surface area (Å²) >= 11 is 0. The van der Waals surface area contributed by atoms with Crippen LogP contribution in [0.2, 0.25) is 0 Å². The van der Waals surface area contributed by atoms with Gasteiger partial charge in [0, 0.05) is 39.6 Å². The van der Waals surface area contributed by atoms with Crippen LogP contribution in [0.25, 0.3) is 54.7 Å². The van der Waals surface area contributed by atoms with Crippen molar-refractivity contribution in [1.82, 2.24) is 9.24 Å². The van der Waals surface area contributed by atoms with E-state index in [1.807, 2.05) is 6.07 Å². The lowest BCUT2D eigenvalue weighted by atomic mass is 9.95. The third-order valence-electron chi connectivity index (χ3n) is 5.96. The molecule has 2 heterocycles. The lowest BCUT2D eigenvalue weighted by molar-refractivity contribution is 1.01. The quantitative estimate of drug-likeness (QED) is 0.368. The standard InChI is InChI=1S/C25H19N3/c1-27-20-12-4-2-8-18(20)24-16(10-6-14-22(24)27)17-11-7-15-23-25(17)19-9-3-5-13-21(19)28(23)26/h2-15H,26H2,1H3. The molecule has 6 aromatic rings. The molecule has 4 aromatic carbocycles. The highest BCUT2D eigenvalue weighted by molar-refractivity contribution is 6.21. The van der Waals surface area contributed by atoms with Gasteiger partial charge in [-0.05, 0) is 35.4 Å². The van der Waals surface area contributed by atoms with E-state index in [-0.39, 0.29) is 0 Å². The maximum Gasteiger partial charge on any atom is 0.0709 e. The highest BCUT2D eigenvalue weighted by atomic mass is 15.3. The molecule has 0 aliphatic rings. The molecular weight excluding hydrogens is 342 g/mol. The zero-order chi connectivity index (χ0) is 18.8. The topological polar surface area (TPSA) is 35.9 Å². The van der Waals surface area contributed by atoms with Crippen molar-refractivity contribution < 1.29 is 0 Å². The molecule has 0 aliphatic carbocycles. The highest BCUT2D eigenvalue weighted by Crippen LogP contribution is 2.41. The summed E-state index contributed by atoms with van der Waals surface area (Å²) in [4.78, 5) is 0. The van der Waals surface area contributed by atoms with Gasteiger partial charge in [-0.3, -0.25) is 4.68 Å². The minimum Gasteiger partial charge on any atom is -0.344 e. The van der Waals surface area contributed by atoms with Crippen molar-refractivity contribution in [1.29, 1.82) is 0 Å². The fourth-order valence-electron chi connectivity index (χ4n) is 4.71. The summed E-state index contributed by atoms with van der Waals surface area (Å²) in [5.41, 5.74) is 7.06. The fourth-order valence-corrected chi connectivity index (χ4v) is 4.71. The second kappa shape index (κ2) is 5.40. The van der Waals surface area contributed by atoms with Gasteiger partial charge in [0.1, 0.15) is 0 Å². The van der Waals surface area contributed by atoms with E-state index >= 15 is 0 Å². The molecule has 0 saturated heterocycles. The Morgan fingerprint density at radius 1 is 0.536 bits per heavy atom. The summed E-state index contributed by atoms with van der Waals surface area (Å²) in [6.07, 6.45) is 0. The van der Waals surface area contributed by atoms with Crippen molar-refractivity contribution in [2.45, 2.75) is 0 Å². The van der Waals surface area contributed by atoms with Crippen LogP contribution in [0.15, 0.2) is 84.9 Å². The van der Waals surface area contributed by atoms with Crippen molar-refractivity contribution in [2.75, 3.05) is 5.84 Å². The monoisotopic (exact) mass is 361 g/mol. The average molecular weight is 361 g/mol. The van der Waals surface area contributed by atoms with Gasteiger partial charge in [0.25, 0.3) is 0 Å². The maximum atomic E-state index is 6.44. The number of aromatic nitrogens is 2. The number of fused-ring (bicyclic) bond motifs is 6. The molecule has 0 atom stereocenters. The Bertz CT molecular complexity index is 1410. The number of nitrogens with two attached hydrogens (primary N) is 1. The lowest BCUT2D eigenvalue weighted by Gasteiger charge is -2.08. The Morgan fingerprint density at radius 3 is 1.75 bits per heavy atom. The van der Waals surface area contributed by atoms with Gasteiger partial charge in [-0.1, -0.05) is 60.7 Å². The van der Waals surface area contributed by atoms with Crippen LogP contribution in [0.4, 0.5) is 0 Å². The largest absolute Gasteiger partial charge is 0.344 e. The molecule has 6 rings (SSSR count). The molecule has 0 radical (unpaired) electrons. The van der Waals surface area contributed by atoms with Gasteiger partial charge >= 0.3 is 0 Å². The first-order valence-electron chi connectivity index (χ1n) is 9.49. The number of aryl methyl sites for hydroxylation is 1. The minimum absolute atomic E-state index is 1.05. The van der Waals surface area contributed by atoms with Gasteiger partial charge < -0.3 is 10.4 Å². The molecule has 3 heteroatoms. The van der Waals surface area contributed by atoms with Gasteiger partial charge in [-0.25, -0.2) is 0 Å². The Balaban J connectivity index is 1.84. The van der Waals surface area contributed by atoms with Crippen molar-refractivity contribution in [3.63, 3.8) is 0 Å². The molecule has 2 N–H and O–H groups in total. The van der Waals surface area contributed by atoms with Crippen LogP contribution >= 0.6 is 0 Å². The van der Waals surface area contributed by atoms with Gasteiger partial charge in [0.05, 0.1) is 11.0 Å². The first kappa shape index (κ1) is 15.3. The summed E-state index contributed by atoms with van der Waals surface area (Å²) in [5, 5.41) is 4.97. The third-order valence-corrected chi connectivity index (χ3v) is 5.96. The Labute approximate surface area is 162 Å². The van der Waals surface area contributed by atoms with E-state index in [1.54, 1.807) is 4.68 Å². The van der Waals surface area contributed by atoms with Crippen LogP contribution in [-0.2, 0) is 7.05 Å². The number of benzene rings is 4. The minimum atomic E-state index is 1.05. The fraction of sp³-hybridized carbons (Fsp3) is 0.0400. The number of hydrogen-bond donors (Lipinski definition) is 1. The first-order valence-corrected chi connectivity index (χ1v) is 9.49. The molecule has 0 saturated carbocycles. The van der Waals surface area contributed by atoms with Crippen LogP contribution in [0, 0.1) is 0 Å². The van der Waals surface area contributed by atoms with E-state index in [4.69, 9.17) is 5.84 Å². The Kier molecular flexibility index (Phi) is 2.96. The Hall–Kier alpha value is -3.72. The number of rotatable bonds is 1. The lowest BCUT2D eigenvalue weighted by Crippen LogP contribution is -2.06. The van der Waals surface area contributed by atoms with E-state index in [1.165, 1.54) is 43.7 Å². The van der Waals surface area contributed by atoms with E-state index in [9.17, 15) is 0 Å². The molecule has 0 fully saturated rings. The highest BCUT2D eigenvalue weighted by Gasteiger charge is 2.17. The number of para-hydroxylation sites is 2. The van der Waals surface area contributed by atoms with E-state index < -0.39 is 0 Å². The normalized spacial score (nSPS) is 11.9. The number of nitrogen functional groups attached to an aromatic ring is 1. The zero-order valence-electron chi connectivity index (χ0n) is 15.6. The maximum absolute atomic E-state index is 6.44. The van der Waals surface area contributed by atoms with Crippen molar-refractivity contribution >= 4 is 43.6 Å². The third kappa shape index (κ3) is 1.83. The van der Waals surface area contributed by atoms with Crippen LogP contribution in [0.1, 0.15) is 0 Å². The number of nitrogens with zero attached hydrogens (tertiary/aromatic N) is 2. The first-order chi connectivity index (χ1) is 13.8. The molecule has 3 nitrogen and oxygen atoms in total. The smallest absolute Gasteiger partial charge is 0.0709 e. The molecule has 28 heavy (non-hydrogen) atoms. The molecule has 0 aliphatic heterocycles. The summed E-state index contributed by atoms with van der Waals surface area (Å²) < 4.78 is 4.08. The average Bonchev–Trinajstić information content (AvgIpc) is 3.21. The molecule has 134 valence electrons. The predicted octanol–water partition coefficient (Wildman–Crippen LogP) is 5.82. The van der Waals surface area contributed by atoms with Gasteiger partial charge in [0.15, 0.2) is 0 Å². The molecule has 0 unspecified atom stereocenters. The molecule has 0 spiro atoms. The van der Waals surface area contributed by atoms with E-state index in [0.717, 1.165) is 11.0 Å². The van der Waals surface area contributed by atoms with Crippen LogP contribution < -0.4 is 5.84 Å². The second-order valence-corrected chi connectivity index (χ2v) is 7.36. The van der Waals surface area contributed by atoms with Crippen molar-refractivity contribution in [3.8, 4) is 11.1 Å². The van der Waals surface area contributed by atoms with Crippen LogP contribution in [-0.4, -0.2) is 9.24 Å². The van der Waals surface area contributed by atoms with Crippen molar-refractivity contribution in [3.05, 3.63) is 84.9 Å². The van der Waals surface area contributed by atoms with Gasteiger partial charge in [-0.2, -0.15) is 0 Å². The van der Waals surface area contributed by atoms with E-state index in [0.29, 0.717) is 0 Å². The molecule has 0 amide bonds. The number of hydrogen-bond acceptors (Lipinski definition) is 1. The Morgan fingerprint density at radius 2 is 1.04 bits per heavy atom. The summed E-state index contributed by atoms with van der Waals surface area (Å²) in [5.74, 6) is 6.44. The molecule has 2 aromatic heterocycles. The van der Waals surface area contributed by atoms with E-state index in [2.05, 4.69) is 90.5 Å². The molecule has 0 bridgehead atoms. The van der Waals surface area contributed by atoms with Crippen LogP contribution in [0.3, 0.4) is 0 Å². The summed E-state index contributed by atoms with van der Waals surface area (Å²) in [6.45, 7) is 0. The zero-order valence-corrected chi connectivity index (χ0v) is 15.6. The molecular formula is C25H19N3. The summed E-state index contributed by atoms with van der Waals surface area (Å²) in [7, 11) is 2.14. The van der Waals surface area contributed by atoms with Gasteiger partial charge in [0.2, 0.25) is 0 Å².